The summed E-state index contributed by atoms with van der Waals surface area (Å²) >= 11 is 0. The van der Waals surface area contributed by atoms with E-state index in [4.69, 9.17) is 11.0 Å². The molecule has 2 aromatic heterocycles. The molecule has 7 nitrogen and oxygen atoms in total. The molecule has 80 valence electrons. The van der Waals surface area contributed by atoms with Crippen molar-refractivity contribution in [1.82, 2.24) is 24.7 Å². The normalized spacial score (nSPS) is 12.1. The molecule has 1 unspecified atom stereocenters. The predicted molar refractivity (Wildman–Crippen MR) is 54.3 cm³/mol. The van der Waals surface area contributed by atoms with E-state index < -0.39 is 0 Å². The van der Waals surface area contributed by atoms with Crippen LogP contribution in [-0.2, 0) is 0 Å². The third-order valence-corrected chi connectivity index (χ3v) is 1.95. The average molecular weight is 215 g/mol. The molecule has 2 aromatic rings. The molecular weight excluding hydrogens is 206 g/mol. The first kappa shape index (κ1) is 10.2. The Morgan fingerprint density at radius 1 is 1.38 bits per heavy atom. The molecule has 0 amide bonds. The smallest absolute Gasteiger partial charge is 0.174 e. The number of nitriles is 1. The van der Waals surface area contributed by atoms with E-state index in [1.54, 1.807) is 6.92 Å². The van der Waals surface area contributed by atoms with Gasteiger partial charge in [0.1, 0.15) is 12.4 Å². The van der Waals surface area contributed by atoms with Crippen molar-refractivity contribution >= 4 is 0 Å². The fraction of sp³-hybridized carbons (Fsp3) is 0.222. The molecule has 2 heterocycles. The average Bonchev–Trinajstić information content (AvgIpc) is 2.78. The molecule has 0 radical (unpaired) electrons. The Balaban J connectivity index is 2.43. The Kier molecular flexibility index (Phi) is 2.57. The van der Waals surface area contributed by atoms with Gasteiger partial charge in [0.15, 0.2) is 17.3 Å². The van der Waals surface area contributed by atoms with Crippen molar-refractivity contribution in [3.05, 3.63) is 30.2 Å². The van der Waals surface area contributed by atoms with Crippen molar-refractivity contribution in [2.45, 2.75) is 13.0 Å². The minimum atomic E-state index is -0.250. The van der Waals surface area contributed by atoms with Gasteiger partial charge in [0.2, 0.25) is 0 Å². The monoisotopic (exact) mass is 215 g/mol. The molecule has 0 saturated carbocycles. The number of hydrogen-bond acceptors (Lipinski definition) is 6. The van der Waals surface area contributed by atoms with Crippen LogP contribution in [0.25, 0.3) is 5.82 Å². The van der Waals surface area contributed by atoms with E-state index in [1.807, 2.05) is 6.07 Å². The summed E-state index contributed by atoms with van der Waals surface area (Å²) in [5.74, 6) is 1.09. The fourth-order valence-corrected chi connectivity index (χ4v) is 1.23. The first-order valence-electron chi connectivity index (χ1n) is 4.60. The minimum absolute atomic E-state index is 0.250. The molecule has 0 aliphatic heterocycles. The van der Waals surface area contributed by atoms with Gasteiger partial charge >= 0.3 is 0 Å². The summed E-state index contributed by atoms with van der Waals surface area (Å²) in [5, 5.41) is 12.6. The summed E-state index contributed by atoms with van der Waals surface area (Å²) in [6, 6.07) is 1.64. The van der Waals surface area contributed by atoms with Gasteiger partial charge in [0.05, 0.1) is 18.4 Å². The van der Waals surface area contributed by atoms with Crippen LogP contribution >= 0.6 is 0 Å². The van der Waals surface area contributed by atoms with Crippen molar-refractivity contribution < 1.29 is 0 Å². The Morgan fingerprint density at radius 2 is 2.19 bits per heavy atom. The van der Waals surface area contributed by atoms with Crippen molar-refractivity contribution in [1.29, 1.82) is 5.26 Å². The molecule has 0 aromatic carbocycles. The highest BCUT2D eigenvalue weighted by Crippen LogP contribution is 2.09. The summed E-state index contributed by atoms with van der Waals surface area (Å²) in [4.78, 5) is 12.0. The number of aromatic nitrogens is 5. The molecule has 7 heteroatoms. The second-order valence-electron chi connectivity index (χ2n) is 3.19. The number of rotatable bonds is 2. The standard InChI is InChI=1S/C9H9N7/c1-6(11)9-14-5-15-16(9)8-4-12-7(2-10)3-13-8/h3-6H,11H2,1H3. The highest BCUT2D eigenvalue weighted by atomic mass is 15.4. The largest absolute Gasteiger partial charge is 0.322 e. The molecule has 2 N–H and O–H groups in total. The lowest BCUT2D eigenvalue weighted by molar-refractivity contribution is 0.679. The summed E-state index contributed by atoms with van der Waals surface area (Å²) in [5.41, 5.74) is 5.98. The van der Waals surface area contributed by atoms with Crippen LogP contribution in [0.3, 0.4) is 0 Å². The zero-order valence-electron chi connectivity index (χ0n) is 8.57. The van der Waals surface area contributed by atoms with E-state index in [0.29, 0.717) is 11.6 Å². The highest BCUT2D eigenvalue weighted by molar-refractivity contribution is 5.24. The van der Waals surface area contributed by atoms with Crippen LogP contribution in [-0.4, -0.2) is 24.7 Å². The van der Waals surface area contributed by atoms with Crippen molar-refractivity contribution in [2.24, 2.45) is 5.73 Å². The van der Waals surface area contributed by atoms with Gasteiger partial charge in [-0.25, -0.2) is 15.0 Å². The summed E-state index contributed by atoms with van der Waals surface area (Å²) in [6.45, 7) is 1.80. The lowest BCUT2D eigenvalue weighted by Crippen LogP contribution is -2.14. The summed E-state index contributed by atoms with van der Waals surface area (Å²) < 4.78 is 1.50. The van der Waals surface area contributed by atoms with Gasteiger partial charge in [-0.1, -0.05) is 0 Å². The second kappa shape index (κ2) is 4.04. The van der Waals surface area contributed by atoms with Crippen LogP contribution in [0.15, 0.2) is 18.7 Å². The molecule has 16 heavy (non-hydrogen) atoms. The van der Waals surface area contributed by atoms with Gasteiger partial charge in [-0.3, -0.25) is 0 Å². The number of nitrogens with two attached hydrogens (primary N) is 1. The van der Waals surface area contributed by atoms with Crippen molar-refractivity contribution in [2.75, 3.05) is 0 Å². The highest BCUT2D eigenvalue weighted by Gasteiger charge is 2.11. The third-order valence-electron chi connectivity index (χ3n) is 1.95. The molecule has 0 fully saturated rings. The van der Waals surface area contributed by atoms with Crippen LogP contribution in [0.2, 0.25) is 0 Å². The predicted octanol–water partition coefficient (Wildman–Crippen LogP) is -0.0513. The molecule has 0 aliphatic rings. The minimum Gasteiger partial charge on any atom is -0.322 e. The maximum absolute atomic E-state index is 8.59. The Hall–Kier alpha value is -2.33. The summed E-state index contributed by atoms with van der Waals surface area (Å²) in [7, 11) is 0. The molecule has 0 aliphatic carbocycles. The van der Waals surface area contributed by atoms with E-state index in [-0.39, 0.29) is 11.7 Å². The van der Waals surface area contributed by atoms with Crippen molar-refractivity contribution in [3.8, 4) is 11.9 Å². The van der Waals surface area contributed by atoms with Gasteiger partial charge in [-0.2, -0.15) is 15.0 Å². The molecule has 2 rings (SSSR count). The van der Waals surface area contributed by atoms with E-state index in [0.717, 1.165) is 0 Å². The molecular formula is C9H9N7. The molecule has 0 saturated heterocycles. The van der Waals surface area contributed by atoms with Crippen LogP contribution < -0.4 is 5.73 Å². The molecule has 0 spiro atoms. The first-order chi connectivity index (χ1) is 7.72. The quantitative estimate of drug-likeness (QED) is 0.752. The van der Waals surface area contributed by atoms with Crippen LogP contribution in [0.4, 0.5) is 0 Å². The van der Waals surface area contributed by atoms with Crippen LogP contribution in [0.1, 0.15) is 24.5 Å². The van der Waals surface area contributed by atoms with Gasteiger partial charge in [-0.05, 0) is 6.92 Å². The van der Waals surface area contributed by atoms with E-state index >= 15 is 0 Å². The van der Waals surface area contributed by atoms with Gasteiger partial charge in [0.25, 0.3) is 0 Å². The molecule has 1 atom stereocenters. The zero-order valence-corrected chi connectivity index (χ0v) is 8.57. The first-order valence-corrected chi connectivity index (χ1v) is 4.60. The van der Waals surface area contributed by atoms with Gasteiger partial charge < -0.3 is 5.73 Å². The van der Waals surface area contributed by atoms with E-state index in [1.165, 1.54) is 23.4 Å². The lowest BCUT2D eigenvalue weighted by atomic mass is 10.3. The number of hydrogen-bond donors (Lipinski definition) is 1. The Labute approximate surface area is 91.6 Å². The van der Waals surface area contributed by atoms with Crippen LogP contribution in [0.5, 0.6) is 0 Å². The SMILES string of the molecule is CC(N)c1ncnn1-c1cnc(C#N)cn1. The van der Waals surface area contributed by atoms with Crippen LogP contribution in [0, 0.1) is 11.3 Å². The van der Waals surface area contributed by atoms with E-state index in [2.05, 4.69) is 20.1 Å². The second-order valence-corrected chi connectivity index (χ2v) is 3.19. The fourth-order valence-electron chi connectivity index (χ4n) is 1.23. The number of nitrogens with zero attached hydrogens (tertiary/aromatic N) is 6. The van der Waals surface area contributed by atoms with Gasteiger partial charge in [0, 0.05) is 0 Å². The zero-order chi connectivity index (χ0) is 11.5. The topological polar surface area (TPSA) is 106 Å². The summed E-state index contributed by atoms with van der Waals surface area (Å²) in [6.07, 6.45) is 4.24. The third kappa shape index (κ3) is 1.74. The lowest BCUT2D eigenvalue weighted by Gasteiger charge is -2.06. The maximum Gasteiger partial charge on any atom is 0.174 e. The van der Waals surface area contributed by atoms with Crippen molar-refractivity contribution in [3.63, 3.8) is 0 Å². The van der Waals surface area contributed by atoms with E-state index in [9.17, 15) is 0 Å². The molecule has 0 bridgehead atoms. The Morgan fingerprint density at radius 3 is 2.75 bits per heavy atom. The van der Waals surface area contributed by atoms with Gasteiger partial charge in [-0.15, -0.1) is 0 Å². The Bertz CT molecular complexity index is 520. The maximum atomic E-state index is 8.59.